The van der Waals surface area contributed by atoms with Crippen LogP contribution in [0.5, 0.6) is 17.5 Å². The second-order valence-electron chi connectivity index (χ2n) is 17.7. The molecule has 2 atom stereocenters. The van der Waals surface area contributed by atoms with Crippen LogP contribution in [0, 0.1) is 5.82 Å². The van der Waals surface area contributed by atoms with Gasteiger partial charge in [-0.2, -0.15) is 9.97 Å². The molecule has 69 heavy (non-hydrogen) atoms. The van der Waals surface area contributed by atoms with Gasteiger partial charge in [0.15, 0.2) is 5.82 Å². The number of aliphatic hydroxyl groups excluding tert-OH is 1. The molecule has 1 aromatic heterocycles. The van der Waals surface area contributed by atoms with E-state index < -0.39 is 36.1 Å². The Hall–Kier alpha value is -6.22. The summed E-state index contributed by atoms with van der Waals surface area (Å²) in [5.41, 5.74) is 1.70. The Morgan fingerprint density at radius 2 is 1.67 bits per heavy atom. The van der Waals surface area contributed by atoms with Crippen LogP contribution >= 0.6 is 11.6 Å². The lowest BCUT2D eigenvalue weighted by Crippen LogP contribution is -2.52. The number of imide groups is 1. The van der Waals surface area contributed by atoms with Gasteiger partial charge in [-0.1, -0.05) is 35.9 Å². The maximum atomic E-state index is 17.1. The number of amides is 4. The number of nitrogens with zero attached hydrogens (tertiary/aromatic N) is 6. The monoisotopic (exact) mass is 969 g/mol. The molecule has 5 aromatic rings. The van der Waals surface area contributed by atoms with Crippen molar-refractivity contribution in [1.82, 2.24) is 30.0 Å². The molecule has 18 nitrogen and oxygen atoms in total. The minimum Gasteiger partial charge on any atom is -0.508 e. The van der Waals surface area contributed by atoms with Crippen LogP contribution in [0.15, 0.2) is 60.7 Å². The van der Waals surface area contributed by atoms with E-state index in [0.717, 1.165) is 31.5 Å². The first-order valence-electron chi connectivity index (χ1n) is 23.1. The number of aliphatic hydroxyl groups is 2. The number of halogens is 2. The minimum absolute atomic E-state index is 0.0350. The Morgan fingerprint density at radius 3 is 2.43 bits per heavy atom. The first-order valence-corrected chi connectivity index (χ1v) is 23.5. The average molecular weight is 970 g/mol. The SMILES string of the molecule is C[C@H](CN1CCC(OCCOCCOc2ccc3c(c2)CN(C2CCC(=O)NC2=O)C3=O)CC1)Oc1nc(N2CCN(C(=O)C(O)O)CC2)c2cc(Cl)c(-c3cc(O)cc4ccccc34)c(F)c2n1. The summed E-state index contributed by atoms with van der Waals surface area (Å²) >= 11 is 6.88. The molecule has 0 radical (unpaired) electrons. The van der Waals surface area contributed by atoms with E-state index in [2.05, 4.69) is 15.2 Å². The number of hydrogen-bond donors (Lipinski definition) is 4. The summed E-state index contributed by atoms with van der Waals surface area (Å²) in [7, 11) is 0. The smallest absolute Gasteiger partial charge is 0.319 e. The molecule has 3 saturated heterocycles. The number of anilines is 1. The number of nitrogens with one attached hydrogen (secondary N) is 1. The molecule has 4 aromatic carbocycles. The van der Waals surface area contributed by atoms with Gasteiger partial charge in [0.2, 0.25) is 18.1 Å². The van der Waals surface area contributed by atoms with Crippen LogP contribution in [-0.2, 0) is 30.4 Å². The van der Waals surface area contributed by atoms with E-state index in [4.69, 9.17) is 35.5 Å². The molecular formula is C49H53ClFN7O11. The lowest BCUT2D eigenvalue weighted by atomic mass is 9.96. The Morgan fingerprint density at radius 1 is 0.899 bits per heavy atom. The number of hydrogen-bond acceptors (Lipinski definition) is 15. The topological polar surface area (TPSA) is 217 Å². The van der Waals surface area contributed by atoms with Crippen molar-refractivity contribution in [3.8, 4) is 28.6 Å². The van der Waals surface area contributed by atoms with Crippen molar-refractivity contribution in [2.24, 2.45) is 0 Å². The van der Waals surface area contributed by atoms with Crippen molar-refractivity contribution in [2.75, 3.05) is 77.1 Å². The number of phenolic OH excluding ortho intramolecular Hbond substituents is 1. The van der Waals surface area contributed by atoms with Gasteiger partial charge in [0, 0.05) is 75.3 Å². The standard InChI is InChI=1S/C49H53ClFN7O11/c1-28(26-55-12-10-32(11-13-55)67-20-18-66-19-21-68-33-6-7-35-30(23-33)27-58(46(35)62)39-8-9-40(60)52-45(39)61)69-49-53-43-37(44(54-49)56-14-16-57(17-15-56)47(63)48(64)65)25-38(50)41(42(43)51)36-24-31(59)22-29-4-2-3-5-34(29)36/h2-7,22-25,28,32,39,48,59,64-65H,8-21,26-27H2,1H3,(H,52,60,61)/t28-,39?/m1/s1. The molecule has 1 unspecified atom stereocenters. The largest absolute Gasteiger partial charge is 0.508 e. The predicted octanol–water partition coefficient (Wildman–Crippen LogP) is 4.01. The summed E-state index contributed by atoms with van der Waals surface area (Å²) < 4.78 is 41.2. The van der Waals surface area contributed by atoms with E-state index in [1.54, 1.807) is 30.3 Å². The third-order valence-corrected chi connectivity index (χ3v) is 13.3. The zero-order valence-electron chi connectivity index (χ0n) is 37.9. The molecule has 20 heteroatoms. The average Bonchev–Trinajstić information content (AvgIpc) is 3.65. The van der Waals surface area contributed by atoms with Crippen molar-refractivity contribution >= 4 is 62.7 Å². The zero-order chi connectivity index (χ0) is 48.3. The van der Waals surface area contributed by atoms with Crippen molar-refractivity contribution in [2.45, 2.75) is 63.7 Å². The van der Waals surface area contributed by atoms with Crippen LogP contribution < -0.4 is 19.7 Å². The van der Waals surface area contributed by atoms with Crippen molar-refractivity contribution in [3.63, 3.8) is 0 Å². The number of ether oxygens (including phenoxy) is 4. The normalized spacial score (nSPS) is 18.6. The number of carbonyl (C=O) groups excluding carboxylic acids is 4. The fourth-order valence-corrected chi connectivity index (χ4v) is 9.87. The van der Waals surface area contributed by atoms with E-state index in [9.17, 15) is 34.5 Å². The number of aromatic nitrogens is 2. The molecule has 364 valence electrons. The highest BCUT2D eigenvalue weighted by Gasteiger charge is 2.39. The van der Waals surface area contributed by atoms with Gasteiger partial charge in [-0.15, -0.1) is 0 Å². The van der Waals surface area contributed by atoms with E-state index in [1.165, 1.54) is 15.9 Å². The predicted molar refractivity (Wildman–Crippen MR) is 250 cm³/mol. The highest BCUT2D eigenvalue weighted by atomic mass is 35.5. The van der Waals surface area contributed by atoms with Crippen LogP contribution in [0.1, 0.15) is 48.5 Å². The van der Waals surface area contributed by atoms with E-state index in [1.807, 2.05) is 36.1 Å². The molecule has 0 spiro atoms. The fourth-order valence-electron chi connectivity index (χ4n) is 9.58. The molecular weight excluding hydrogens is 917 g/mol. The lowest BCUT2D eigenvalue weighted by Gasteiger charge is -2.36. The molecule has 0 bridgehead atoms. The third-order valence-electron chi connectivity index (χ3n) is 13.0. The van der Waals surface area contributed by atoms with Crippen LogP contribution in [0.4, 0.5) is 10.2 Å². The highest BCUT2D eigenvalue weighted by molar-refractivity contribution is 6.35. The van der Waals surface area contributed by atoms with Crippen LogP contribution in [0.2, 0.25) is 5.02 Å². The van der Waals surface area contributed by atoms with Gasteiger partial charge in [-0.05, 0) is 84.5 Å². The summed E-state index contributed by atoms with van der Waals surface area (Å²) in [5, 5.41) is 33.7. The maximum Gasteiger partial charge on any atom is 0.319 e. The Balaban J connectivity index is 0.769. The molecule has 0 aliphatic carbocycles. The van der Waals surface area contributed by atoms with Gasteiger partial charge in [-0.3, -0.25) is 29.4 Å². The van der Waals surface area contributed by atoms with Crippen molar-refractivity contribution in [3.05, 3.63) is 82.6 Å². The number of rotatable bonds is 16. The maximum absolute atomic E-state index is 17.1. The van der Waals surface area contributed by atoms with Gasteiger partial charge in [0.05, 0.1) is 30.9 Å². The molecule has 3 fully saturated rings. The van der Waals surface area contributed by atoms with Crippen LogP contribution in [0.25, 0.3) is 32.8 Å². The summed E-state index contributed by atoms with van der Waals surface area (Å²) in [6.45, 7) is 6.51. The summed E-state index contributed by atoms with van der Waals surface area (Å²) in [5.74, 6) is -1.65. The molecule has 5 heterocycles. The summed E-state index contributed by atoms with van der Waals surface area (Å²) in [4.78, 5) is 65.6. The second-order valence-corrected chi connectivity index (χ2v) is 18.1. The molecule has 4 aliphatic rings. The fraction of sp³-hybridized carbons (Fsp3) is 0.429. The molecule has 4 aliphatic heterocycles. The van der Waals surface area contributed by atoms with Gasteiger partial charge < -0.3 is 49.0 Å². The number of likely N-dealkylation sites (tertiary alicyclic amines) is 1. The van der Waals surface area contributed by atoms with Gasteiger partial charge in [0.1, 0.15) is 41.6 Å². The van der Waals surface area contributed by atoms with Crippen molar-refractivity contribution < 1.29 is 57.8 Å². The second kappa shape index (κ2) is 20.8. The Bertz CT molecular complexity index is 2770. The molecule has 0 saturated carbocycles. The number of carbonyl (C=O) groups is 4. The van der Waals surface area contributed by atoms with E-state index in [0.29, 0.717) is 78.2 Å². The van der Waals surface area contributed by atoms with E-state index >= 15 is 4.39 Å². The molecule has 4 N–H and O–H groups in total. The Labute approximate surface area is 401 Å². The molecule has 4 amide bonds. The van der Waals surface area contributed by atoms with Gasteiger partial charge in [-0.25, -0.2) is 4.39 Å². The minimum atomic E-state index is -2.13. The first kappa shape index (κ1) is 47.8. The quantitative estimate of drug-likeness (QED) is 0.0625. The van der Waals surface area contributed by atoms with Gasteiger partial charge >= 0.3 is 6.01 Å². The van der Waals surface area contributed by atoms with Gasteiger partial charge in [0.25, 0.3) is 11.8 Å². The number of benzene rings is 4. The number of piperidine rings is 2. The number of aromatic hydroxyl groups is 1. The number of fused-ring (bicyclic) bond motifs is 3. The summed E-state index contributed by atoms with van der Waals surface area (Å²) in [6.07, 6.45) is -0.372. The van der Waals surface area contributed by atoms with E-state index in [-0.39, 0.29) is 84.9 Å². The first-order chi connectivity index (χ1) is 33.3. The number of piperazine rings is 1. The Kier molecular flexibility index (Phi) is 14.4. The molecule has 9 rings (SSSR count). The zero-order valence-corrected chi connectivity index (χ0v) is 38.7. The van der Waals surface area contributed by atoms with Crippen molar-refractivity contribution in [1.29, 1.82) is 0 Å². The van der Waals surface area contributed by atoms with Crippen LogP contribution in [0.3, 0.4) is 0 Å². The summed E-state index contributed by atoms with van der Waals surface area (Å²) in [6, 6.07) is 16.5. The highest BCUT2D eigenvalue weighted by Crippen LogP contribution is 2.43. The number of phenols is 1. The lowest BCUT2D eigenvalue weighted by molar-refractivity contribution is -0.159. The van der Waals surface area contributed by atoms with Crippen LogP contribution in [-0.4, -0.2) is 160 Å². The third kappa shape index (κ3) is 10.5.